The summed E-state index contributed by atoms with van der Waals surface area (Å²) in [5.41, 5.74) is 0. The Labute approximate surface area is 455 Å². The van der Waals surface area contributed by atoms with Gasteiger partial charge < -0.3 is 14.2 Å². The Hall–Kier alpha value is -2.11. The average Bonchev–Trinajstić information content (AvgIpc) is 3.39. The number of carbonyl (C=O) groups excluding carboxylic acids is 3. The van der Waals surface area contributed by atoms with E-state index >= 15 is 0 Å². The fraction of sp³-hybridized carbons (Fsp3) is 0.896. The van der Waals surface area contributed by atoms with Crippen LogP contribution < -0.4 is 0 Å². The van der Waals surface area contributed by atoms with E-state index in [1.807, 2.05) is 0 Å². The van der Waals surface area contributed by atoms with Crippen LogP contribution in [0.3, 0.4) is 0 Å². The van der Waals surface area contributed by atoms with Crippen LogP contribution in [-0.4, -0.2) is 37.2 Å². The van der Waals surface area contributed by atoms with Gasteiger partial charge in [-0.1, -0.05) is 302 Å². The van der Waals surface area contributed by atoms with Gasteiger partial charge in [-0.3, -0.25) is 14.4 Å². The zero-order valence-corrected chi connectivity index (χ0v) is 49.4. The molecule has 0 rings (SSSR count). The van der Waals surface area contributed by atoms with Gasteiger partial charge in [0.15, 0.2) is 6.10 Å². The molecule has 6 heteroatoms. The molecule has 0 heterocycles. The average molecular weight is 1030 g/mol. The minimum atomic E-state index is -0.772. The summed E-state index contributed by atoms with van der Waals surface area (Å²) in [7, 11) is 0. The summed E-state index contributed by atoms with van der Waals surface area (Å²) in [6.45, 7) is 6.70. The molecule has 0 saturated heterocycles. The molecule has 0 radical (unpaired) electrons. The van der Waals surface area contributed by atoms with E-state index in [1.165, 1.54) is 270 Å². The molecule has 0 spiro atoms. The van der Waals surface area contributed by atoms with Crippen LogP contribution in [-0.2, 0) is 28.6 Å². The lowest BCUT2D eigenvalue weighted by molar-refractivity contribution is -0.167. The molecule has 0 saturated carbocycles. The zero-order valence-electron chi connectivity index (χ0n) is 49.4. The van der Waals surface area contributed by atoms with E-state index in [0.29, 0.717) is 19.3 Å². The van der Waals surface area contributed by atoms with Crippen molar-refractivity contribution >= 4 is 17.9 Å². The Morgan fingerprint density at radius 3 is 0.685 bits per heavy atom. The van der Waals surface area contributed by atoms with Crippen LogP contribution in [0.1, 0.15) is 367 Å². The van der Waals surface area contributed by atoms with E-state index in [0.717, 1.165) is 57.8 Å². The minimum Gasteiger partial charge on any atom is -0.462 e. The van der Waals surface area contributed by atoms with Crippen molar-refractivity contribution in [1.82, 2.24) is 0 Å². The van der Waals surface area contributed by atoms with Gasteiger partial charge in [0.2, 0.25) is 0 Å². The van der Waals surface area contributed by atoms with Crippen LogP contribution in [0.4, 0.5) is 0 Å². The van der Waals surface area contributed by atoms with Crippen LogP contribution in [0, 0.1) is 0 Å². The smallest absolute Gasteiger partial charge is 0.306 e. The molecule has 0 aromatic heterocycles. The monoisotopic (exact) mass is 1030 g/mol. The molecule has 0 aromatic rings. The van der Waals surface area contributed by atoms with E-state index in [9.17, 15) is 14.4 Å². The molecule has 0 unspecified atom stereocenters. The molecule has 0 bridgehead atoms. The Morgan fingerprint density at radius 2 is 0.452 bits per heavy atom. The second-order valence-electron chi connectivity index (χ2n) is 22.4. The molecule has 0 aromatic carbocycles. The summed E-state index contributed by atoms with van der Waals surface area (Å²) in [5, 5.41) is 0. The van der Waals surface area contributed by atoms with Crippen molar-refractivity contribution in [1.29, 1.82) is 0 Å². The summed E-state index contributed by atoms with van der Waals surface area (Å²) >= 11 is 0. The first-order chi connectivity index (χ1) is 36.0. The molecule has 0 N–H and O–H groups in total. The number of hydrogen-bond acceptors (Lipinski definition) is 6. The van der Waals surface area contributed by atoms with Gasteiger partial charge in [-0.15, -0.1) is 0 Å². The van der Waals surface area contributed by atoms with Crippen LogP contribution in [0.25, 0.3) is 0 Å². The number of rotatable bonds is 61. The summed E-state index contributed by atoms with van der Waals surface area (Å²) in [6, 6.07) is 0. The third kappa shape index (κ3) is 60.6. The highest BCUT2D eigenvalue weighted by Crippen LogP contribution is 2.18. The van der Waals surface area contributed by atoms with Crippen molar-refractivity contribution in [3.05, 3.63) is 24.3 Å². The lowest BCUT2D eigenvalue weighted by Crippen LogP contribution is -2.30. The lowest BCUT2D eigenvalue weighted by atomic mass is 10.0. The number of allylic oxidation sites excluding steroid dienone is 4. The first-order valence-corrected chi connectivity index (χ1v) is 32.8. The van der Waals surface area contributed by atoms with Gasteiger partial charge in [-0.2, -0.15) is 0 Å². The zero-order chi connectivity index (χ0) is 52.9. The van der Waals surface area contributed by atoms with Crippen molar-refractivity contribution in [2.24, 2.45) is 0 Å². The number of unbranched alkanes of at least 4 members (excludes halogenated alkanes) is 46. The molecule has 73 heavy (non-hydrogen) atoms. The molecule has 0 amide bonds. The fourth-order valence-corrected chi connectivity index (χ4v) is 9.97. The molecular weight excluding hydrogens is 901 g/mol. The van der Waals surface area contributed by atoms with E-state index in [2.05, 4.69) is 45.1 Å². The van der Waals surface area contributed by atoms with Crippen LogP contribution in [0.2, 0.25) is 0 Å². The minimum absolute atomic E-state index is 0.0681. The second-order valence-corrected chi connectivity index (χ2v) is 22.4. The summed E-state index contributed by atoms with van der Waals surface area (Å²) in [6.07, 6.45) is 74.7. The van der Waals surface area contributed by atoms with Crippen molar-refractivity contribution < 1.29 is 28.6 Å². The molecular formula is C67H126O6. The van der Waals surface area contributed by atoms with Gasteiger partial charge in [0, 0.05) is 19.3 Å². The van der Waals surface area contributed by atoms with Crippen LogP contribution in [0.5, 0.6) is 0 Å². The summed E-state index contributed by atoms with van der Waals surface area (Å²) < 4.78 is 17.0. The summed E-state index contributed by atoms with van der Waals surface area (Å²) in [5.74, 6) is -0.846. The molecule has 0 fully saturated rings. The Morgan fingerprint density at radius 1 is 0.260 bits per heavy atom. The van der Waals surface area contributed by atoms with Crippen LogP contribution >= 0.6 is 0 Å². The van der Waals surface area contributed by atoms with Crippen LogP contribution in [0.15, 0.2) is 24.3 Å². The van der Waals surface area contributed by atoms with Gasteiger partial charge >= 0.3 is 17.9 Å². The highest BCUT2D eigenvalue weighted by Gasteiger charge is 2.19. The summed E-state index contributed by atoms with van der Waals surface area (Å²) in [4.78, 5) is 38.4. The number of hydrogen-bond donors (Lipinski definition) is 0. The quantitative estimate of drug-likeness (QED) is 0.0261. The van der Waals surface area contributed by atoms with Crippen molar-refractivity contribution in [3.8, 4) is 0 Å². The van der Waals surface area contributed by atoms with E-state index in [-0.39, 0.29) is 31.1 Å². The maximum absolute atomic E-state index is 12.9. The van der Waals surface area contributed by atoms with Crippen molar-refractivity contribution in [2.75, 3.05) is 13.2 Å². The fourth-order valence-electron chi connectivity index (χ4n) is 9.97. The Kier molecular flexibility index (Phi) is 60.6. The van der Waals surface area contributed by atoms with E-state index < -0.39 is 6.10 Å². The SMILES string of the molecule is CCCCCCCC/C=C\CCCCCCCCCCCC(=O)O[C@H](COC(=O)CCCCCCCCC/C=C\CCCCCCCC)COC(=O)CCCCCCCCCCCCCCCCCCCCC. The third-order valence-corrected chi connectivity index (χ3v) is 14.9. The number of esters is 3. The first kappa shape index (κ1) is 70.9. The maximum Gasteiger partial charge on any atom is 0.306 e. The lowest BCUT2D eigenvalue weighted by Gasteiger charge is -2.18. The van der Waals surface area contributed by atoms with Gasteiger partial charge in [0.25, 0.3) is 0 Å². The number of ether oxygens (including phenoxy) is 3. The van der Waals surface area contributed by atoms with Crippen molar-refractivity contribution in [3.63, 3.8) is 0 Å². The highest BCUT2D eigenvalue weighted by molar-refractivity contribution is 5.71. The van der Waals surface area contributed by atoms with Gasteiger partial charge in [0.05, 0.1) is 0 Å². The number of carbonyl (C=O) groups is 3. The predicted octanol–water partition coefficient (Wildman–Crippen LogP) is 22.2. The first-order valence-electron chi connectivity index (χ1n) is 32.8. The van der Waals surface area contributed by atoms with E-state index in [1.54, 1.807) is 0 Å². The van der Waals surface area contributed by atoms with Gasteiger partial charge in [0.1, 0.15) is 13.2 Å². The topological polar surface area (TPSA) is 78.9 Å². The Bertz CT molecular complexity index is 1180. The predicted molar refractivity (Wildman–Crippen MR) is 316 cm³/mol. The Balaban J connectivity index is 4.32. The maximum atomic E-state index is 12.9. The molecule has 0 aliphatic carbocycles. The molecule has 430 valence electrons. The highest BCUT2D eigenvalue weighted by atomic mass is 16.6. The molecule has 1 atom stereocenters. The standard InChI is InChI=1S/C67H126O6/c1-4-7-10-13-16-19-22-25-28-31-33-36-39-42-45-48-51-54-57-60-66(69)72-63-64(62-71-65(68)59-56-53-50-47-44-41-38-35-30-27-24-21-18-15-12-9-6-3)73-67(70)61-58-55-52-49-46-43-40-37-34-32-29-26-23-20-17-14-11-8-5-2/h26-27,29-30,64H,4-25,28,31-63H2,1-3H3/b29-26-,30-27-/t64-/m1/s1. The van der Waals surface area contributed by atoms with Gasteiger partial charge in [-0.05, 0) is 70.6 Å². The van der Waals surface area contributed by atoms with E-state index in [4.69, 9.17) is 14.2 Å². The molecule has 0 aliphatic rings. The normalized spacial score (nSPS) is 12.1. The largest absolute Gasteiger partial charge is 0.462 e. The van der Waals surface area contributed by atoms with Gasteiger partial charge in [-0.25, -0.2) is 0 Å². The molecule has 6 nitrogen and oxygen atoms in total. The second kappa shape index (κ2) is 62.4. The molecule has 0 aliphatic heterocycles. The third-order valence-electron chi connectivity index (χ3n) is 14.9. The van der Waals surface area contributed by atoms with Crippen molar-refractivity contribution in [2.45, 2.75) is 374 Å².